The molecular weight excluding hydrogens is 343 g/mol. The molecule has 3 nitrogen and oxygen atoms in total. The standard InChI is InChI=1S/C19H26Cl2N2O/c20-17-6-5-16(18(21)13-17)14-22-11-7-15(8-12-22)19(24)23-9-3-1-2-4-10-23/h5-6,13,15H,1-4,7-12,14H2. The summed E-state index contributed by atoms with van der Waals surface area (Å²) in [5.74, 6) is 0.598. The molecule has 1 aromatic carbocycles. The average molecular weight is 369 g/mol. The lowest BCUT2D eigenvalue weighted by molar-refractivity contribution is -0.137. The van der Waals surface area contributed by atoms with Crippen LogP contribution in [-0.4, -0.2) is 41.9 Å². The van der Waals surface area contributed by atoms with Crippen LogP contribution in [0, 0.1) is 5.92 Å². The van der Waals surface area contributed by atoms with E-state index in [0.29, 0.717) is 10.9 Å². The molecule has 2 aliphatic heterocycles. The predicted molar refractivity (Wildman–Crippen MR) is 99.5 cm³/mol. The van der Waals surface area contributed by atoms with Crippen LogP contribution in [0.3, 0.4) is 0 Å². The van der Waals surface area contributed by atoms with E-state index in [1.165, 1.54) is 25.7 Å². The second kappa shape index (κ2) is 8.55. The summed E-state index contributed by atoms with van der Waals surface area (Å²) < 4.78 is 0. The Kier molecular flexibility index (Phi) is 6.43. The van der Waals surface area contributed by atoms with Gasteiger partial charge in [0.15, 0.2) is 0 Å². The summed E-state index contributed by atoms with van der Waals surface area (Å²) in [5.41, 5.74) is 1.11. The summed E-state index contributed by atoms with van der Waals surface area (Å²) in [5, 5.41) is 1.40. The van der Waals surface area contributed by atoms with Crippen LogP contribution < -0.4 is 0 Å². The van der Waals surface area contributed by atoms with Gasteiger partial charge in [-0.15, -0.1) is 0 Å². The van der Waals surface area contributed by atoms with Crippen LogP contribution >= 0.6 is 23.2 Å². The first-order valence-electron chi connectivity index (χ1n) is 9.08. The van der Waals surface area contributed by atoms with Gasteiger partial charge < -0.3 is 4.90 Å². The van der Waals surface area contributed by atoms with Gasteiger partial charge in [-0.2, -0.15) is 0 Å². The van der Waals surface area contributed by atoms with E-state index in [2.05, 4.69) is 9.80 Å². The molecule has 0 atom stereocenters. The van der Waals surface area contributed by atoms with Crippen molar-refractivity contribution in [2.75, 3.05) is 26.2 Å². The largest absolute Gasteiger partial charge is 0.342 e. The number of piperidine rings is 1. The van der Waals surface area contributed by atoms with Crippen LogP contribution in [0.25, 0.3) is 0 Å². The van der Waals surface area contributed by atoms with Crippen molar-refractivity contribution in [1.82, 2.24) is 9.80 Å². The maximum Gasteiger partial charge on any atom is 0.225 e. The lowest BCUT2D eigenvalue weighted by atomic mass is 9.94. The van der Waals surface area contributed by atoms with E-state index >= 15 is 0 Å². The monoisotopic (exact) mass is 368 g/mol. The summed E-state index contributed by atoms with van der Waals surface area (Å²) in [7, 11) is 0. The second-order valence-electron chi connectivity index (χ2n) is 7.03. The van der Waals surface area contributed by atoms with Gasteiger partial charge in [0.05, 0.1) is 0 Å². The molecule has 2 saturated heterocycles. The molecule has 0 N–H and O–H groups in total. The Hall–Kier alpha value is -0.770. The summed E-state index contributed by atoms with van der Waals surface area (Å²) in [6, 6.07) is 5.69. The molecule has 1 aromatic rings. The fourth-order valence-electron chi connectivity index (χ4n) is 3.78. The zero-order valence-corrected chi connectivity index (χ0v) is 15.7. The van der Waals surface area contributed by atoms with Crippen molar-refractivity contribution < 1.29 is 4.79 Å². The number of likely N-dealkylation sites (tertiary alicyclic amines) is 2. The number of benzene rings is 1. The van der Waals surface area contributed by atoms with Gasteiger partial charge in [0.1, 0.15) is 0 Å². The predicted octanol–water partition coefficient (Wildman–Crippen LogP) is 4.61. The van der Waals surface area contributed by atoms with Crippen LogP contribution in [0.1, 0.15) is 44.1 Å². The molecule has 0 spiro atoms. The van der Waals surface area contributed by atoms with Crippen molar-refractivity contribution in [1.29, 1.82) is 0 Å². The Morgan fingerprint density at radius 3 is 2.29 bits per heavy atom. The molecule has 0 aliphatic carbocycles. The topological polar surface area (TPSA) is 23.6 Å². The minimum Gasteiger partial charge on any atom is -0.342 e. The van der Waals surface area contributed by atoms with Crippen LogP contribution in [0.4, 0.5) is 0 Å². The minimum atomic E-state index is 0.208. The molecule has 3 rings (SSSR count). The number of hydrogen-bond donors (Lipinski definition) is 0. The molecule has 132 valence electrons. The van der Waals surface area contributed by atoms with Crippen molar-refractivity contribution >= 4 is 29.1 Å². The van der Waals surface area contributed by atoms with E-state index < -0.39 is 0 Å². The highest BCUT2D eigenvalue weighted by Crippen LogP contribution is 2.26. The lowest BCUT2D eigenvalue weighted by Gasteiger charge is -2.34. The third-order valence-electron chi connectivity index (χ3n) is 5.26. The van der Waals surface area contributed by atoms with E-state index in [9.17, 15) is 4.79 Å². The molecule has 0 saturated carbocycles. The first kappa shape index (κ1) is 18.0. The molecule has 2 aliphatic rings. The van der Waals surface area contributed by atoms with Crippen molar-refractivity contribution in [2.45, 2.75) is 45.1 Å². The first-order valence-corrected chi connectivity index (χ1v) is 9.84. The lowest BCUT2D eigenvalue weighted by Crippen LogP contribution is -2.42. The van der Waals surface area contributed by atoms with Crippen molar-refractivity contribution in [2.24, 2.45) is 5.92 Å². The molecule has 0 radical (unpaired) electrons. The molecule has 1 amide bonds. The minimum absolute atomic E-state index is 0.208. The Bertz CT molecular complexity index is 562. The Morgan fingerprint density at radius 2 is 1.67 bits per heavy atom. The Balaban J connectivity index is 1.50. The quantitative estimate of drug-likeness (QED) is 0.777. The highest BCUT2D eigenvalue weighted by atomic mass is 35.5. The number of nitrogens with zero attached hydrogens (tertiary/aromatic N) is 2. The molecule has 0 aromatic heterocycles. The van der Waals surface area contributed by atoms with Gasteiger partial charge in [-0.1, -0.05) is 42.1 Å². The number of amides is 1. The molecular formula is C19H26Cl2N2O. The highest BCUT2D eigenvalue weighted by Gasteiger charge is 2.28. The molecule has 2 fully saturated rings. The average Bonchev–Trinajstić information content (AvgIpc) is 2.87. The van der Waals surface area contributed by atoms with E-state index in [-0.39, 0.29) is 5.92 Å². The smallest absolute Gasteiger partial charge is 0.225 e. The summed E-state index contributed by atoms with van der Waals surface area (Å²) in [6.07, 6.45) is 6.79. The maximum atomic E-state index is 12.7. The number of carbonyl (C=O) groups excluding carboxylic acids is 1. The molecule has 0 unspecified atom stereocenters. The number of hydrogen-bond acceptors (Lipinski definition) is 2. The third kappa shape index (κ3) is 4.65. The number of carbonyl (C=O) groups is 1. The molecule has 24 heavy (non-hydrogen) atoms. The zero-order valence-electron chi connectivity index (χ0n) is 14.1. The van der Waals surface area contributed by atoms with Gasteiger partial charge in [0.2, 0.25) is 5.91 Å². The van der Waals surface area contributed by atoms with Gasteiger partial charge in [0, 0.05) is 35.6 Å². The van der Waals surface area contributed by atoms with E-state index in [4.69, 9.17) is 23.2 Å². The molecule has 2 heterocycles. The number of rotatable bonds is 3. The molecule has 5 heteroatoms. The summed E-state index contributed by atoms with van der Waals surface area (Å²) in [4.78, 5) is 17.2. The highest BCUT2D eigenvalue weighted by molar-refractivity contribution is 6.35. The number of halogens is 2. The Morgan fingerprint density at radius 1 is 1.00 bits per heavy atom. The van der Waals surface area contributed by atoms with Crippen molar-refractivity contribution in [3.63, 3.8) is 0 Å². The van der Waals surface area contributed by atoms with Gasteiger partial charge in [-0.3, -0.25) is 9.69 Å². The normalized spacial score (nSPS) is 20.8. The maximum absolute atomic E-state index is 12.7. The fourth-order valence-corrected chi connectivity index (χ4v) is 4.25. The van der Waals surface area contributed by atoms with Crippen molar-refractivity contribution in [3.05, 3.63) is 33.8 Å². The summed E-state index contributed by atoms with van der Waals surface area (Å²) >= 11 is 12.2. The van der Waals surface area contributed by atoms with Crippen LogP contribution in [0.5, 0.6) is 0 Å². The van der Waals surface area contributed by atoms with Gasteiger partial charge in [-0.05, 0) is 56.5 Å². The molecule has 0 bridgehead atoms. The SMILES string of the molecule is O=C(C1CCN(Cc2ccc(Cl)cc2Cl)CC1)N1CCCCCC1. The van der Waals surface area contributed by atoms with Crippen LogP contribution in [0.2, 0.25) is 10.0 Å². The third-order valence-corrected chi connectivity index (χ3v) is 5.85. The van der Waals surface area contributed by atoms with Crippen molar-refractivity contribution in [3.8, 4) is 0 Å². The van der Waals surface area contributed by atoms with Gasteiger partial charge >= 0.3 is 0 Å². The first-order chi connectivity index (χ1) is 11.6. The Labute approximate surface area is 154 Å². The second-order valence-corrected chi connectivity index (χ2v) is 7.87. The zero-order chi connectivity index (χ0) is 16.9. The van der Waals surface area contributed by atoms with E-state index in [1.54, 1.807) is 6.07 Å². The van der Waals surface area contributed by atoms with E-state index in [0.717, 1.165) is 56.2 Å². The fraction of sp³-hybridized carbons (Fsp3) is 0.632. The van der Waals surface area contributed by atoms with E-state index in [1.807, 2.05) is 12.1 Å². The van der Waals surface area contributed by atoms with Gasteiger partial charge in [-0.25, -0.2) is 0 Å². The van der Waals surface area contributed by atoms with Crippen LogP contribution in [0.15, 0.2) is 18.2 Å². The summed E-state index contributed by atoms with van der Waals surface area (Å²) in [6.45, 7) is 4.67. The van der Waals surface area contributed by atoms with Crippen LogP contribution in [-0.2, 0) is 11.3 Å². The van der Waals surface area contributed by atoms with Gasteiger partial charge in [0.25, 0.3) is 0 Å².